The van der Waals surface area contributed by atoms with Crippen LogP contribution in [0.3, 0.4) is 0 Å². The molecule has 30 heavy (non-hydrogen) atoms. The molecule has 2 saturated heterocycles. The number of rotatable bonds is 1. The number of aromatic amines is 1. The van der Waals surface area contributed by atoms with E-state index < -0.39 is 0 Å². The van der Waals surface area contributed by atoms with Gasteiger partial charge in [0, 0.05) is 30.1 Å². The van der Waals surface area contributed by atoms with Crippen LogP contribution >= 0.6 is 11.6 Å². The fourth-order valence-electron chi connectivity index (χ4n) is 4.38. The average molecular weight is 423 g/mol. The van der Waals surface area contributed by atoms with Crippen LogP contribution in [0.5, 0.6) is 0 Å². The molecular weight excluding hydrogens is 400 g/mol. The summed E-state index contributed by atoms with van der Waals surface area (Å²) in [5.74, 6) is 6.94. The van der Waals surface area contributed by atoms with Gasteiger partial charge in [-0.15, -0.1) is 0 Å². The molecule has 8 heteroatoms. The number of aromatic nitrogens is 4. The monoisotopic (exact) mass is 422 g/mol. The van der Waals surface area contributed by atoms with Crippen molar-refractivity contribution in [3.05, 3.63) is 46.7 Å². The van der Waals surface area contributed by atoms with E-state index >= 15 is 0 Å². The summed E-state index contributed by atoms with van der Waals surface area (Å²) in [6.07, 6.45) is 3.92. The van der Waals surface area contributed by atoms with Gasteiger partial charge in [0.2, 0.25) is 0 Å². The van der Waals surface area contributed by atoms with Crippen molar-refractivity contribution in [3.8, 4) is 11.8 Å². The summed E-state index contributed by atoms with van der Waals surface area (Å²) in [7, 11) is 0. The van der Waals surface area contributed by atoms with E-state index in [0.29, 0.717) is 21.9 Å². The van der Waals surface area contributed by atoms with E-state index in [4.69, 9.17) is 27.1 Å². The van der Waals surface area contributed by atoms with E-state index in [1.807, 2.05) is 24.3 Å². The predicted octanol–water partition coefficient (Wildman–Crippen LogP) is 2.74. The number of nitrogens with one attached hydrogen (secondary N) is 1. The van der Waals surface area contributed by atoms with Crippen LogP contribution in [0.1, 0.15) is 31.0 Å². The van der Waals surface area contributed by atoms with Crippen LogP contribution in [0.4, 0.5) is 5.82 Å². The smallest absolute Gasteiger partial charge is 0.177 e. The Morgan fingerprint density at radius 3 is 2.80 bits per heavy atom. The van der Waals surface area contributed by atoms with Gasteiger partial charge in [-0.05, 0) is 37.8 Å². The van der Waals surface area contributed by atoms with Gasteiger partial charge in [-0.3, -0.25) is 5.10 Å². The fourth-order valence-corrected chi connectivity index (χ4v) is 4.56. The lowest BCUT2D eigenvalue weighted by molar-refractivity contribution is 0.0974. The third-order valence-corrected chi connectivity index (χ3v) is 6.71. The first-order chi connectivity index (χ1) is 14.6. The topological polar surface area (TPSA) is 93.0 Å². The van der Waals surface area contributed by atoms with Gasteiger partial charge in [-0.25, -0.2) is 9.97 Å². The summed E-state index contributed by atoms with van der Waals surface area (Å²) in [4.78, 5) is 11.6. The Balaban J connectivity index is 1.34. The molecule has 7 nitrogen and oxygen atoms in total. The lowest BCUT2D eigenvalue weighted by Gasteiger charge is -2.41. The lowest BCUT2D eigenvalue weighted by atomic mass is 9.73. The van der Waals surface area contributed by atoms with E-state index in [0.717, 1.165) is 43.9 Å². The molecule has 1 aromatic carbocycles. The molecule has 154 valence electrons. The van der Waals surface area contributed by atoms with Gasteiger partial charge in [-0.1, -0.05) is 29.7 Å². The second-order valence-corrected chi connectivity index (χ2v) is 8.53. The summed E-state index contributed by atoms with van der Waals surface area (Å²) in [6, 6.07) is 7.56. The number of fused-ring (bicyclic) bond motifs is 1. The Kier molecular flexibility index (Phi) is 4.86. The zero-order chi connectivity index (χ0) is 20.7. The maximum atomic E-state index is 6.42. The zero-order valence-corrected chi connectivity index (χ0v) is 17.5. The van der Waals surface area contributed by atoms with Crippen molar-refractivity contribution >= 4 is 28.6 Å². The molecule has 1 spiro atoms. The molecule has 2 aliphatic rings. The molecule has 0 saturated carbocycles. The molecule has 5 rings (SSSR count). The first-order valence-electron chi connectivity index (χ1n) is 10.2. The highest BCUT2D eigenvalue weighted by atomic mass is 35.5. The van der Waals surface area contributed by atoms with Crippen molar-refractivity contribution in [1.29, 1.82) is 0 Å². The molecule has 2 aliphatic heterocycles. The van der Waals surface area contributed by atoms with Crippen molar-refractivity contribution in [2.75, 3.05) is 24.6 Å². The Hall–Kier alpha value is -2.66. The minimum Gasteiger partial charge on any atom is -0.376 e. The standard InChI is InChI=1S/C22H23ClN6O/c1-14-20(24)22(13-30-14)8-10-29(11-9-22)18-12-25-19-17(27-28-21(19)26-18)7-6-15-4-2-3-5-16(15)23/h2-5,12,14,20H,8-11,13,24H2,1H3,(H,26,27,28)/t14-,20+/m0/s1. The molecule has 2 fully saturated rings. The van der Waals surface area contributed by atoms with Gasteiger partial charge < -0.3 is 15.4 Å². The van der Waals surface area contributed by atoms with E-state index in [1.54, 1.807) is 6.20 Å². The lowest BCUT2D eigenvalue weighted by Crippen LogP contribution is -2.50. The number of nitrogens with two attached hydrogens (primary N) is 1. The van der Waals surface area contributed by atoms with Crippen LogP contribution in [0.2, 0.25) is 5.02 Å². The fraction of sp³-hybridized carbons (Fsp3) is 0.409. The molecule has 0 amide bonds. The van der Waals surface area contributed by atoms with Gasteiger partial charge >= 0.3 is 0 Å². The normalized spacial score (nSPS) is 23.0. The van der Waals surface area contributed by atoms with Crippen LogP contribution in [-0.2, 0) is 4.74 Å². The Morgan fingerprint density at radius 2 is 2.07 bits per heavy atom. The quantitative estimate of drug-likeness (QED) is 0.586. The molecule has 0 bridgehead atoms. The van der Waals surface area contributed by atoms with E-state index in [9.17, 15) is 0 Å². The number of halogens is 1. The van der Waals surface area contributed by atoms with Crippen molar-refractivity contribution in [2.24, 2.45) is 11.1 Å². The number of benzene rings is 1. The molecule has 2 aromatic heterocycles. The maximum absolute atomic E-state index is 6.42. The second-order valence-electron chi connectivity index (χ2n) is 8.12. The van der Waals surface area contributed by atoms with Crippen LogP contribution < -0.4 is 10.6 Å². The summed E-state index contributed by atoms with van der Waals surface area (Å²) in [6.45, 7) is 4.59. The van der Waals surface area contributed by atoms with Crippen molar-refractivity contribution in [2.45, 2.75) is 31.9 Å². The van der Waals surface area contributed by atoms with E-state index in [-0.39, 0.29) is 17.6 Å². The molecule has 0 unspecified atom stereocenters. The Bertz CT molecular complexity index is 1140. The number of hydrogen-bond acceptors (Lipinski definition) is 6. The number of hydrogen-bond donors (Lipinski definition) is 2. The summed E-state index contributed by atoms with van der Waals surface area (Å²) in [5, 5.41) is 7.85. The van der Waals surface area contributed by atoms with Crippen molar-refractivity contribution in [1.82, 2.24) is 20.2 Å². The third-order valence-electron chi connectivity index (χ3n) is 6.38. The average Bonchev–Trinajstić information content (AvgIpc) is 3.30. The Labute approximate surface area is 180 Å². The molecule has 0 aliphatic carbocycles. The predicted molar refractivity (Wildman–Crippen MR) is 116 cm³/mol. The summed E-state index contributed by atoms with van der Waals surface area (Å²) in [5.41, 5.74) is 9.11. The van der Waals surface area contributed by atoms with E-state index in [2.05, 4.69) is 38.8 Å². The number of anilines is 1. The van der Waals surface area contributed by atoms with Gasteiger partial charge in [0.05, 0.1) is 23.9 Å². The van der Waals surface area contributed by atoms with Crippen LogP contribution in [0, 0.1) is 17.3 Å². The van der Waals surface area contributed by atoms with Crippen molar-refractivity contribution < 1.29 is 4.74 Å². The van der Waals surface area contributed by atoms with Crippen LogP contribution in [0.25, 0.3) is 11.2 Å². The number of nitrogens with zero attached hydrogens (tertiary/aromatic N) is 4. The number of ether oxygens (including phenoxy) is 1. The highest BCUT2D eigenvalue weighted by molar-refractivity contribution is 6.31. The van der Waals surface area contributed by atoms with Crippen LogP contribution in [0.15, 0.2) is 30.5 Å². The van der Waals surface area contributed by atoms with Crippen molar-refractivity contribution in [3.63, 3.8) is 0 Å². The molecular formula is C22H23ClN6O. The molecule has 2 atom stereocenters. The number of piperidine rings is 1. The minimum atomic E-state index is 0.0862. The molecule has 3 N–H and O–H groups in total. The van der Waals surface area contributed by atoms with Gasteiger partial charge in [-0.2, -0.15) is 5.10 Å². The minimum absolute atomic E-state index is 0.0862. The first-order valence-corrected chi connectivity index (χ1v) is 10.5. The SMILES string of the molecule is C[C@@H]1OCC2(CCN(c3cnc4c(C#Cc5ccccc5Cl)n[nH]c4n3)CC2)[C@@H]1N. The van der Waals surface area contributed by atoms with Gasteiger partial charge in [0.15, 0.2) is 11.3 Å². The van der Waals surface area contributed by atoms with E-state index in [1.165, 1.54) is 0 Å². The largest absolute Gasteiger partial charge is 0.376 e. The number of H-pyrrole nitrogens is 1. The highest BCUT2D eigenvalue weighted by Gasteiger charge is 2.47. The van der Waals surface area contributed by atoms with Gasteiger partial charge in [0.25, 0.3) is 0 Å². The maximum Gasteiger partial charge on any atom is 0.177 e. The molecule has 4 heterocycles. The third kappa shape index (κ3) is 3.31. The highest BCUT2D eigenvalue weighted by Crippen LogP contribution is 2.41. The second kappa shape index (κ2) is 7.55. The summed E-state index contributed by atoms with van der Waals surface area (Å²) < 4.78 is 5.82. The molecule has 3 aromatic rings. The van der Waals surface area contributed by atoms with Gasteiger partial charge in [0.1, 0.15) is 11.3 Å². The first kappa shape index (κ1) is 19.3. The molecule has 0 radical (unpaired) electrons. The summed E-state index contributed by atoms with van der Waals surface area (Å²) >= 11 is 6.17. The Morgan fingerprint density at radius 1 is 1.27 bits per heavy atom. The zero-order valence-electron chi connectivity index (χ0n) is 16.7. The van der Waals surface area contributed by atoms with Crippen LogP contribution in [-0.4, -0.2) is 52.0 Å².